The maximum absolute atomic E-state index is 12.2. The van der Waals surface area contributed by atoms with Crippen molar-refractivity contribution in [1.29, 1.82) is 0 Å². The summed E-state index contributed by atoms with van der Waals surface area (Å²) >= 11 is 0. The molecule has 0 atom stereocenters. The lowest BCUT2D eigenvalue weighted by molar-refractivity contribution is -0.131. The first kappa shape index (κ1) is 20.2. The molecule has 1 N–H and O–H groups in total. The first-order chi connectivity index (χ1) is 12.3. The standard InChI is InChI=1S/C18H24N4O3.ClH/c1-24-15-8-6-14(7-9-15)18-20-16(25-21-18)4-2-5-17(23)22-12-3-10-19-11-13-22;/h6-9,19H,2-5,10-13H2,1H3;1H. The van der Waals surface area contributed by atoms with Crippen molar-refractivity contribution in [1.82, 2.24) is 20.4 Å². The molecule has 1 aromatic heterocycles. The van der Waals surface area contributed by atoms with E-state index in [2.05, 4.69) is 15.5 Å². The molecule has 142 valence electrons. The van der Waals surface area contributed by atoms with Gasteiger partial charge in [0.25, 0.3) is 0 Å². The topological polar surface area (TPSA) is 80.5 Å². The third kappa shape index (κ3) is 5.44. The minimum atomic E-state index is 0. The van der Waals surface area contributed by atoms with Gasteiger partial charge in [0, 0.05) is 38.0 Å². The molecule has 1 saturated heterocycles. The number of hydrogen-bond acceptors (Lipinski definition) is 6. The van der Waals surface area contributed by atoms with Gasteiger partial charge in [0.2, 0.25) is 17.6 Å². The van der Waals surface area contributed by atoms with Gasteiger partial charge in [0.15, 0.2) is 0 Å². The molecule has 0 aliphatic carbocycles. The summed E-state index contributed by atoms with van der Waals surface area (Å²) in [6.07, 6.45) is 2.86. The zero-order valence-corrected chi connectivity index (χ0v) is 15.8. The van der Waals surface area contributed by atoms with Gasteiger partial charge >= 0.3 is 0 Å². The summed E-state index contributed by atoms with van der Waals surface area (Å²) in [5.74, 6) is 2.12. The van der Waals surface area contributed by atoms with Crippen LogP contribution in [0.15, 0.2) is 28.8 Å². The summed E-state index contributed by atoms with van der Waals surface area (Å²) in [5.41, 5.74) is 0.879. The summed E-state index contributed by atoms with van der Waals surface area (Å²) in [5, 5.41) is 7.32. The maximum atomic E-state index is 12.2. The van der Waals surface area contributed by atoms with Gasteiger partial charge in [-0.3, -0.25) is 4.79 Å². The molecule has 0 radical (unpaired) electrons. The van der Waals surface area contributed by atoms with Crippen molar-refractivity contribution in [2.45, 2.75) is 25.7 Å². The molecule has 0 unspecified atom stereocenters. The molecule has 1 fully saturated rings. The van der Waals surface area contributed by atoms with Crippen LogP contribution in [0.3, 0.4) is 0 Å². The third-order valence-corrected chi connectivity index (χ3v) is 4.29. The number of nitrogens with one attached hydrogen (secondary N) is 1. The molecule has 26 heavy (non-hydrogen) atoms. The van der Waals surface area contributed by atoms with E-state index in [0.717, 1.165) is 43.9 Å². The van der Waals surface area contributed by atoms with Crippen LogP contribution < -0.4 is 10.1 Å². The lowest BCUT2D eigenvalue weighted by Gasteiger charge is -2.19. The molecule has 1 aliphatic rings. The van der Waals surface area contributed by atoms with Crippen LogP contribution in [0.4, 0.5) is 0 Å². The van der Waals surface area contributed by atoms with E-state index < -0.39 is 0 Å². The second-order valence-corrected chi connectivity index (χ2v) is 6.08. The van der Waals surface area contributed by atoms with Crippen molar-refractivity contribution < 1.29 is 14.1 Å². The molecule has 0 spiro atoms. The molecule has 1 aromatic carbocycles. The lowest BCUT2D eigenvalue weighted by atomic mass is 10.2. The van der Waals surface area contributed by atoms with Crippen molar-refractivity contribution >= 4 is 18.3 Å². The summed E-state index contributed by atoms with van der Waals surface area (Å²) in [6, 6.07) is 7.51. The van der Waals surface area contributed by atoms with Crippen LogP contribution >= 0.6 is 12.4 Å². The van der Waals surface area contributed by atoms with Crippen LogP contribution in [0.2, 0.25) is 0 Å². The van der Waals surface area contributed by atoms with Gasteiger partial charge in [-0.2, -0.15) is 4.98 Å². The van der Waals surface area contributed by atoms with E-state index in [1.165, 1.54) is 0 Å². The Bertz CT molecular complexity index is 682. The molecule has 0 saturated carbocycles. The van der Waals surface area contributed by atoms with Crippen molar-refractivity contribution in [3.8, 4) is 17.1 Å². The van der Waals surface area contributed by atoms with Crippen LogP contribution in [-0.2, 0) is 11.2 Å². The first-order valence-electron chi connectivity index (χ1n) is 8.72. The van der Waals surface area contributed by atoms with Crippen LogP contribution in [0.1, 0.15) is 25.2 Å². The third-order valence-electron chi connectivity index (χ3n) is 4.29. The molecule has 7 nitrogen and oxygen atoms in total. The highest BCUT2D eigenvalue weighted by Crippen LogP contribution is 2.20. The molecule has 8 heteroatoms. The number of ether oxygens (including phenoxy) is 1. The number of carbonyl (C=O) groups excluding carboxylic acids is 1. The summed E-state index contributed by atoms with van der Waals surface area (Å²) in [7, 11) is 1.63. The molecule has 1 amide bonds. The maximum Gasteiger partial charge on any atom is 0.226 e. The SMILES string of the molecule is COc1ccc(-c2noc(CCCC(=O)N3CCCNCC3)n2)cc1.Cl. The zero-order valence-electron chi connectivity index (χ0n) is 14.9. The summed E-state index contributed by atoms with van der Waals surface area (Å²) < 4.78 is 10.4. The number of methoxy groups -OCH3 is 1. The molecule has 2 heterocycles. The highest BCUT2D eigenvalue weighted by Gasteiger charge is 2.15. The van der Waals surface area contributed by atoms with E-state index >= 15 is 0 Å². The number of nitrogens with zero attached hydrogens (tertiary/aromatic N) is 3. The first-order valence-corrected chi connectivity index (χ1v) is 8.72. The van der Waals surface area contributed by atoms with Gasteiger partial charge < -0.3 is 19.5 Å². The van der Waals surface area contributed by atoms with Gasteiger partial charge in [0.1, 0.15) is 5.75 Å². The number of hydrogen-bond donors (Lipinski definition) is 1. The molecule has 0 bridgehead atoms. The van der Waals surface area contributed by atoms with Crippen molar-refractivity contribution in [3.05, 3.63) is 30.2 Å². The Morgan fingerprint density at radius 2 is 2.08 bits per heavy atom. The monoisotopic (exact) mass is 380 g/mol. The Balaban J connectivity index is 0.00000243. The van der Waals surface area contributed by atoms with E-state index in [1.807, 2.05) is 29.2 Å². The van der Waals surface area contributed by atoms with Crippen LogP contribution in [0.25, 0.3) is 11.4 Å². The van der Waals surface area contributed by atoms with Crippen molar-refractivity contribution in [3.63, 3.8) is 0 Å². The number of aryl methyl sites for hydroxylation is 1. The molecule has 1 aliphatic heterocycles. The Morgan fingerprint density at radius 1 is 1.27 bits per heavy atom. The Hall–Kier alpha value is -2.12. The van der Waals surface area contributed by atoms with E-state index in [0.29, 0.717) is 31.0 Å². The summed E-state index contributed by atoms with van der Waals surface area (Å²) in [6.45, 7) is 3.50. The van der Waals surface area contributed by atoms with Crippen LogP contribution in [-0.4, -0.2) is 54.2 Å². The number of amides is 1. The minimum absolute atomic E-state index is 0. The average Bonchev–Trinajstić information content (AvgIpc) is 2.94. The number of benzene rings is 1. The number of carbonyl (C=O) groups is 1. The number of halogens is 1. The van der Waals surface area contributed by atoms with Crippen molar-refractivity contribution in [2.24, 2.45) is 0 Å². The van der Waals surface area contributed by atoms with Crippen LogP contribution in [0.5, 0.6) is 5.75 Å². The lowest BCUT2D eigenvalue weighted by Crippen LogP contribution is -2.34. The van der Waals surface area contributed by atoms with E-state index in [4.69, 9.17) is 9.26 Å². The van der Waals surface area contributed by atoms with Crippen molar-refractivity contribution in [2.75, 3.05) is 33.3 Å². The second kappa shape index (κ2) is 10.1. The second-order valence-electron chi connectivity index (χ2n) is 6.08. The number of aromatic nitrogens is 2. The highest BCUT2D eigenvalue weighted by molar-refractivity contribution is 5.85. The van der Waals surface area contributed by atoms with Gasteiger partial charge in [-0.25, -0.2) is 0 Å². The van der Waals surface area contributed by atoms with Gasteiger partial charge in [-0.15, -0.1) is 12.4 Å². The fraction of sp³-hybridized carbons (Fsp3) is 0.500. The minimum Gasteiger partial charge on any atom is -0.497 e. The average molecular weight is 381 g/mol. The van der Waals surface area contributed by atoms with Gasteiger partial charge in [-0.05, 0) is 43.7 Å². The highest BCUT2D eigenvalue weighted by atomic mass is 35.5. The van der Waals surface area contributed by atoms with E-state index in [1.54, 1.807) is 7.11 Å². The normalized spacial score (nSPS) is 14.4. The Morgan fingerprint density at radius 3 is 2.85 bits per heavy atom. The smallest absolute Gasteiger partial charge is 0.226 e. The Kier molecular flexibility index (Phi) is 7.87. The molecule has 3 rings (SSSR count). The predicted molar refractivity (Wildman–Crippen MR) is 101 cm³/mol. The largest absolute Gasteiger partial charge is 0.497 e. The van der Waals surface area contributed by atoms with Gasteiger partial charge in [-0.1, -0.05) is 5.16 Å². The fourth-order valence-electron chi connectivity index (χ4n) is 2.86. The molecular formula is C18H25ClN4O3. The quantitative estimate of drug-likeness (QED) is 0.828. The predicted octanol–water partition coefficient (Wildman–Crippen LogP) is 2.31. The van der Waals surface area contributed by atoms with E-state index in [-0.39, 0.29) is 18.3 Å². The fourth-order valence-corrected chi connectivity index (χ4v) is 2.86. The molecular weight excluding hydrogens is 356 g/mol. The van der Waals surface area contributed by atoms with Gasteiger partial charge in [0.05, 0.1) is 7.11 Å². The van der Waals surface area contributed by atoms with Crippen LogP contribution in [0, 0.1) is 0 Å². The van der Waals surface area contributed by atoms with E-state index in [9.17, 15) is 4.79 Å². The summed E-state index contributed by atoms with van der Waals surface area (Å²) in [4.78, 5) is 18.6. The zero-order chi connectivity index (χ0) is 17.5. The Labute approximate surface area is 159 Å². The number of rotatable bonds is 6. The molecule has 2 aromatic rings.